The highest BCUT2D eigenvalue weighted by Gasteiger charge is 2.43. The molecule has 4 N–H and O–H groups in total. The van der Waals surface area contributed by atoms with Crippen molar-refractivity contribution in [1.82, 2.24) is 15.5 Å². The Morgan fingerprint density at radius 3 is 2.45 bits per heavy atom. The van der Waals surface area contributed by atoms with Gasteiger partial charge in [0.25, 0.3) is 0 Å². The lowest BCUT2D eigenvalue weighted by atomic mass is 9.74. The summed E-state index contributed by atoms with van der Waals surface area (Å²) in [5.41, 5.74) is 6.13. The maximum atomic E-state index is 13.2. The third-order valence-electron chi connectivity index (χ3n) is 8.22. The summed E-state index contributed by atoms with van der Waals surface area (Å²) in [5.74, 6) is 0.368. The molecule has 1 heterocycles. The van der Waals surface area contributed by atoms with Crippen LogP contribution in [0, 0.1) is 23.7 Å². The van der Waals surface area contributed by atoms with E-state index >= 15 is 0 Å². The third-order valence-corrected chi connectivity index (χ3v) is 8.58. The van der Waals surface area contributed by atoms with Crippen LogP contribution in [-0.4, -0.2) is 59.3 Å². The maximum Gasteiger partial charge on any atom is 0.225 e. The van der Waals surface area contributed by atoms with Crippen molar-refractivity contribution < 1.29 is 9.59 Å². The van der Waals surface area contributed by atoms with Gasteiger partial charge in [-0.3, -0.25) is 14.5 Å². The first-order valence-corrected chi connectivity index (χ1v) is 12.9. The number of piperidine rings is 1. The topological polar surface area (TPSA) is 87.5 Å². The van der Waals surface area contributed by atoms with E-state index < -0.39 is 0 Å². The molecule has 0 aromatic heterocycles. The van der Waals surface area contributed by atoms with Gasteiger partial charge in [-0.15, -0.1) is 11.6 Å². The van der Waals surface area contributed by atoms with Gasteiger partial charge < -0.3 is 16.4 Å². The van der Waals surface area contributed by atoms with Gasteiger partial charge in [0.15, 0.2) is 0 Å². The summed E-state index contributed by atoms with van der Waals surface area (Å²) in [7, 11) is 0. The lowest BCUT2D eigenvalue weighted by Crippen LogP contribution is -2.55. The predicted octanol–water partition coefficient (Wildman–Crippen LogP) is 2.88. The second kappa shape index (κ2) is 10.8. The van der Waals surface area contributed by atoms with Crippen LogP contribution in [0.2, 0.25) is 0 Å². The van der Waals surface area contributed by atoms with E-state index in [9.17, 15) is 9.59 Å². The van der Waals surface area contributed by atoms with Crippen LogP contribution in [0.3, 0.4) is 0 Å². The minimum atomic E-state index is -0.153. The van der Waals surface area contributed by atoms with Crippen LogP contribution in [0.5, 0.6) is 0 Å². The Bertz CT molecular complexity index is 625. The minimum absolute atomic E-state index is 0.00889. The van der Waals surface area contributed by atoms with Crippen LogP contribution in [0.15, 0.2) is 0 Å². The van der Waals surface area contributed by atoms with E-state index in [0.717, 1.165) is 45.1 Å². The molecule has 0 aromatic carbocycles. The Labute approximate surface area is 193 Å². The smallest absolute Gasteiger partial charge is 0.225 e. The zero-order chi connectivity index (χ0) is 22.7. The molecule has 7 atom stereocenters. The maximum absolute atomic E-state index is 13.2. The normalized spacial score (nSPS) is 41.6. The highest BCUT2D eigenvalue weighted by molar-refractivity contribution is 6.20. The molecule has 2 saturated carbocycles. The molecular formula is C24H43ClN4O2. The van der Waals surface area contributed by atoms with E-state index in [1.807, 2.05) is 6.92 Å². The molecule has 0 radical (unpaired) electrons. The highest BCUT2D eigenvalue weighted by Crippen LogP contribution is 2.38. The molecule has 3 rings (SSSR count). The SMILES string of the molecule is CCN(C1CCC(N)CC1)C1CC(Cl)CC(C(=O)NCC2C(=O)NC(C)CC2C)C1C. The lowest BCUT2D eigenvalue weighted by Gasteiger charge is -2.47. The van der Waals surface area contributed by atoms with Crippen molar-refractivity contribution in [2.24, 2.45) is 29.4 Å². The molecule has 3 fully saturated rings. The van der Waals surface area contributed by atoms with E-state index in [2.05, 4.69) is 36.3 Å². The molecule has 1 aliphatic heterocycles. The largest absolute Gasteiger partial charge is 0.355 e. The van der Waals surface area contributed by atoms with Crippen LogP contribution in [0.25, 0.3) is 0 Å². The molecule has 0 aromatic rings. The second-order valence-corrected chi connectivity index (χ2v) is 11.1. The van der Waals surface area contributed by atoms with Crippen molar-refractivity contribution in [2.45, 2.75) is 102 Å². The number of nitrogens with two attached hydrogens (primary N) is 1. The molecule has 6 nitrogen and oxygen atoms in total. The van der Waals surface area contributed by atoms with Crippen molar-refractivity contribution in [3.05, 3.63) is 0 Å². The third kappa shape index (κ3) is 5.94. The summed E-state index contributed by atoms with van der Waals surface area (Å²) in [6.07, 6.45) is 7.02. The number of alkyl halides is 1. The molecule has 7 heteroatoms. The first-order valence-electron chi connectivity index (χ1n) is 12.4. The Balaban J connectivity index is 1.62. The quantitative estimate of drug-likeness (QED) is 0.538. The summed E-state index contributed by atoms with van der Waals surface area (Å²) < 4.78 is 0. The number of amides is 2. The van der Waals surface area contributed by atoms with E-state index in [4.69, 9.17) is 17.3 Å². The molecule has 0 bridgehead atoms. The molecule has 178 valence electrons. The van der Waals surface area contributed by atoms with Crippen LogP contribution in [-0.2, 0) is 9.59 Å². The van der Waals surface area contributed by atoms with Crippen molar-refractivity contribution in [2.75, 3.05) is 13.1 Å². The monoisotopic (exact) mass is 454 g/mol. The fourth-order valence-electron chi connectivity index (χ4n) is 6.34. The molecule has 7 unspecified atom stereocenters. The number of nitrogens with one attached hydrogen (secondary N) is 2. The van der Waals surface area contributed by atoms with E-state index in [1.165, 1.54) is 0 Å². The van der Waals surface area contributed by atoms with E-state index in [-0.39, 0.29) is 46.9 Å². The standard InChI is InChI=1S/C24H43ClN4O2/c1-5-29(19-8-6-18(26)7-9-19)22-12-17(25)11-20(16(22)4)23(30)27-13-21-14(2)10-15(3)28-24(21)31/h14-22H,5-13,26H2,1-4H3,(H,27,30)(H,28,31). The minimum Gasteiger partial charge on any atom is -0.355 e. The number of rotatable bonds is 6. The second-order valence-electron chi connectivity index (χ2n) is 10.5. The van der Waals surface area contributed by atoms with Crippen molar-refractivity contribution >= 4 is 23.4 Å². The summed E-state index contributed by atoms with van der Waals surface area (Å²) in [5, 5.41) is 6.15. The molecule has 2 amide bonds. The first-order chi connectivity index (χ1) is 14.7. The number of carbonyl (C=O) groups is 2. The zero-order valence-corrected chi connectivity index (χ0v) is 20.5. The van der Waals surface area contributed by atoms with Gasteiger partial charge in [-0.2, -0.15) is 0 Å². The fraction of sp³-hybridized carbons (Fsp3) is 0.917. The summed E-state index contributed by atoms with van der Waals surface area (Å²) in [6.45, 7) is 9.97. The van der Waals surface area contributed by atoms with Crippen molar-refractivity contribution in [3.8, 4) is 0 Å². The van der Waals surface area contributed by atoms with Gasteiger partial charge >= 0.3 is 0 Å². The van der Waals surface area contributed by atoms with Gasteiger partial charge in [-0.1, -0.05) is 20.8 Å². The molecule has 31 heavy (non-hydrogen) atoms. The average Bonchev–Trinajstić information content (AvgIpc) is 2.71. The van der Waals surface area contributed by atoms with Gasteiger partial charge in [0.2, 0.25) is 11.8 Å². The van der Waals surface area contributed by atoms with Crippen molar-refractivity contribution in [1.29, 1.82) is 0 Å². The number of hydrogen-bond donors (Lipinski definition) is 3. The van der Waals surface area contributed by atoms with Gasteiger partial charge in [-0.05, 0) is 70.3 Å². The van der Waals surface area contributed by atoms with Gasteiger partial charge in [0.1, 0.15) is 0 Å². The average molecular weight is 455 g/mol. The molecule has 2 aliphatic carbocycles. The number of carbonyl (C=O) groups excluding carboxylic acids is 2. The highest BCUT2D eigenvalue weighted by atomic mass is 35.5. The van der Waals surface area contributed by atoms with E-state index in [0.29, 0.717) is 31.1 Å². The van der Waals surface area contributed by atoms with E-state index in [1.54, 1.807) is 0 Å². The summed E-state index contributed by atoms with van der Waals surface area (Å²) in [4.78, 5) is 28.2. The lowest BCUT2D eigenvalue weighted by molar-refractivity contribution is -0.132. The number of hydrogen-bond acceptors (Lipinski definition) is 4. The van der Waals surface area contributed by atoms with Gasteiger partial charge in [-0.25, -0.2) is 0 Å². The molecule has 3 aliphatic rings. The van der Waals surface area contributed by atoms with Crippen molar-refractivity contribution in [3.63, 3.8) is 0 Å². The first kappa shape index (κ1) is 24.8. The Morgan fingerprint density at radius 2 is 1.84 bits per heavy atom. The number of nitrogens with zero attached hydrogens (tertiary/aromatic N) is 1. The fourth-order valence-corrected chi connectivity index (χ4v) is 6.71. The van der Waals surface area contributed by atoms with Gasteiger partial charge in [0.05, 0.1) is 5.92 Å². The molecular weight excluding hydrogens is 412 g/mol. The summed E-state index contributed by atoms with van der Waals surface area (Å²) >= 11 is 6.70. The molecule has 1 saturated heterocycles. The van der Waals surface area contributed by atoms with Crippen LogP contribution in [0.4, 0.5) is 0 Å². The van der Waals surface area contributed by atoms with Crippen LogP contribution >= 0.6 is 11.6 Å². The predicted molar refractivity (Wildman–Crippen MR) is 126 cm³/mol. The van der Waals surface area contributed by atoms with Gasteiger partial charge in [0, 0.05) is 42.0 Å². The van der Waals surface area contributed by atoms with Crippen LogP contribution in [0.1, 0.15) is 72.6 Å². The zero-order valence-electron chi connectivity index (χ0n) is 19.8. The van der Waals surface area contributed by atoms with Crippen LogP contribution < -0.4 is 16.4 Å². The Kier molecular flexibility index (Phi) is 8.67. The molecule has 0 spiro atoms. The Hall–Kier alpha value is -0.850. The Morgan fingerprint density at radius 1 is 1.16 bits per heavy atom. The summed E-state index contributed by atoms with van der Waals surface area (Å²) in [6, 6.07) is 1.39. The number of halogens is 1.